The van der Waals surface area contributed by atoms with Crippen LogP contribution < -0.4 is 21.9 Å². The molecule has 7 heteroatoms. The molecule has 0 unspecified atom stereocenters. The van der Waals surface area contributed by atoms with Gasteiger partial charge in [-0.15, -0.1) is 0 Å². The van der Waals surface area contributed by atoms with Crippen LogP contribution in [-0.2, 0) is 0 Å². The summed E-state index contributed by atoms with van der Waals surface area (Å²) in [7, 11) is 2.96. The van der Waals surface area contributed by atoms with Gasteiger partial charge in [-0.3, -0.25) is 15.4 Å². The van der Waals surface area contributed by atoms with E-state index in [-0.39, 0.29) is 23.2 Å². The van der Waals surface area contributed by atoms with E-state index in [2.05, 4.69) is 21.0 Å². The van der Waals surface area contributed by atoms with Crippen LogP contribution in [0.5, 0.6) is 0 Å². The number of nitrogens with two attached hydrogens (primary N) is 1. The Balaban J connectivity index is 3.20. The highest BCUT2D eigenvalue weighted by Gasteiger charge is 2.12. The number of pyridine rings is 1. The van der Waals surface area contributed by atoms with Crippen LogP contribution >= 0.6 is 0 Å². The van der Waals surface area contributed by atoms with Crippen molar-refractivity contribution in [2.75, 3.05) is 19.5 Å². The van der Waals surface area contributed by atoms with Crippen LogP contribution in [-0.4, -0.2) is 30.9 Å². The minimum absolute atomic E-state index is 0.122. The molecule has 0 aliphatic rings. The predicted octanol–water partition coefficient (Wildman–Crippen LogP) is -0.914. The molecule has 0 saturated carbocycles. The topological polar surface area (TPSA) is 109 Å². The van der Waals surface area contributed by atoms with Gasteiger partial charge in [0.15, 0.2) is 0 Å². The van der Waals surface area contributed by atoms with Gasteiger partial charge in [0.1, 0.15) is 11.4 Å². The summed E-state index contributed by atoms with van der Waals surface area (Å²) in [5.74, 6) is 4.46. The van der Waals surface area contributed by atoms with Gasteiger partial charge in [-0.1, -0.05) is 0 Å². The van der Waals surface area contributed by atoms with Gasteiger partial charge in [0.05, 0.1) is 5.69 Å². The van der Waals surface area contributed by atoms with Gasteiger partial charge in [0.2, 0.25) is 0 Å². The monoisotopic (exact) mass is 223 g/mol. The zero-order valence-electron chi connectivity index (χ0n) is 9.00. The Kier molecular flexibility index (Phi) is 3.78. The third kappa shape index (κ3) is 2.45. The van der Waals surface area contributed by atoms with Crippen LogP contribution in [0.1, 0.15) is 21.0 Å². The molecule has 0 radical (unpaired) electrons. The largest absolute Gasteiger partial charge is 0.354 e. The second kappa shape index (κ2) is 5.08. The van der Waals surface area contributed by atoms with Gasteiger partial charge < -0.3 is 16.1 Å². The standard InChI is InChI=1S/C9H13N5O2/c1-11-8(15)6-3-5(14-10)4-7(13-6)9(16)12-2/h3-4H,10H2,1-2H3,(H,11,15)(H,12,16)(H,13,14). The van der Waals surface area contributed by atoms with Crippen molar-refractivity contribution in [3.05, 3.63) is 23.5 Å². The molecule has 0 aliphatic heterocycles. The zero-order chi connectivity index (χ0) is 12.1. The van der Waals surface area contributed by atoms with Crippen molar-refractivity contribution in [1.29, 1.82) is 0 Å². The first-order valence-corrected chi connectivity index (χ1v) is 4.55. The van der Waals surface area contributed by atoms with Crippen LogP contribution in [0.4, 0.5) is 5.69 Å². The lowest BCUT2D eigenvalue weighted by molar-refractivity contribution is 0.0954. The molecule has 0 fully saturated rings. The lowest BCUT2D eigenvalue weighted by atomic mass is 10.2. The first-order valence-electron chi connectivity index (χ1n) is 4.55. The normalized spacial score (nSPS) is 9.44. The highest BCUT2D eigenvalue weighted by Crippen LogP contribution is 2.10. The van der Waals surface area contributed by atoms with Crippen molar-refractivity contribution in [3.8, 4) is 0 Å². The number of nitrogens with one attached hydrogen (secondary N) is 3. The fraction of sp³-hybridized carbons (Fsp3) is 0.222. The number of hydrogen-bond acceptors (Lipinski definition) is 5. The Labute approximate surface area is 92.4 Å². The van der Waals surface area contributed by atoms with Gasteiger partial charge in [-0.2, -0.15) is 0 Å². The molecule has 0 saturated heterocycles. The molecule has 5 N–H and O–H groups in total. The van der Waals surface area contributed by atoms with E-state index in [0.29, 0.717) is 5.69 Å². The Morgan fingerprint density at radius 2 is 1.56 bits per heavy atom. The summed E-state index contributed by atoms with van der Waals surface area (Å²) in [4.78, 5) is 26.6. The lowest BCUT2D eigenvalue weighted by Gasteiger charge is -2.06. The van der Waals surface area contributed by atoms with Crippen LogP contribution in [0, 0.1) is 0 Å². The predicted molar refractivity (Wildman–Crippen MR) is 58.8 cm³/mol. The van der Waals surface area contributed by atoms with E-state index in [1.54, 1.807) is 0 Å². The first kappa shape index (κ1) is 11.9. The maximum absolute atomic E-state index is 11.4. The lowest BCUT2D eigenvalue weighted by Crippen LogP contribution is -2.24. The minimum Gasteiger partial charge on any atom is -0.354 e. The summed E-state index contributed by atoms with van der Waals surface area (Å²) >= 11 is 0. The van der Waals surface area contributed by atoms with Gasteiger partial charge in [0, 0.05) is 14.1 Å². The highest BCUT2D eigenvalue weighted by molar-refractivity contribution is 5.97. The van der Waals surface area contributed by atoms with Crippen molar-refractivity contribution < 1.29 is 9.59 Å². The van der Waals surface area contributed by atoms with Crippen LogP contribution in [0.2, 0.25) is 0 Å². The molecule has 2 amide bonds. The second-order valence-corrected chi connectivity index (χ2v) is 2.93. The number of carbonyl (C=O) groups excluding carboxylic acids is 2. The molecule has 0 aromatic carbocycles. The summed E-state index contributed by atoms with van der Waals surface area (Å²) in [5.41, 5.74) is 3.05. The molecule has 1 aromatic heterocycles. The fourth-order valence-electron chi connectivity index (χ4n) is 1.10. The molecule has 0 atom stereocenters. The molecule has 16 heavy (non-hydrogen) atoms. The van der Waals surface area contributed by atoms with Crippen molar-refractivity contribution in [1.82, 2.24) is 15.6 Å². The molecule has 0 spiro atoms. The summed E-state index contributed by atoms with van der Waals surface area (Å²) in [6.45, 7) is 0. The van der Waals surface area contributed by atoms with E-state index in [4.69, 9.17) is 5.84 Å². The number of aromatic nitrogens is 1. The van der Waals surface area contributed by atoms with Crippen LogP contribution in [0.25, 0.3) is 0 Å². The number of nitrogens with zero attached hydrogens (tertiary/aromatic N) is 1. The van der Waals surface area contributed by atoms with Crippen LogP contribution in [0.3, 0.4) is 0 Å². The Bertz CT molecular complexity index is 384. The molecule has 0 aliphatic carbocycles. The molecule has 1 rings (SSSR count). The van der Waals surface area contributed by atoms with E-state index in [1.165, 1.54) is 26.2 Å². The minimum atomic E-state index is -0.387. The fourth-order valence-corrected chi connectivity index (χ4v) is 1.10. The summed E-state index contributed by atoms with van der Waals surface area (Å²) in [5, 5.41) is 4.83. The van der Waals surface area contributed by atoms with Crippen LogP contribution in [0.15, 0.2) is 12.1 Å². The molecule has 7 nitrogen and oxygen atoms in total. The summed E-state index contributed by atoms with van der Waals surface area (Å²) in [6.07, 6.45) is 0. The molecule has 86 valence electrons. The average Bonchev–Trinajstić information content (AvgIpc) is 2.35. The average molecular weight is 223 g/mol. The third-order valence-corrected chi connectivity index (χ3v) is 1.91. The Morgan fingerprint density at radius 1 is 1.12 bits per heavy atom. The summed E-state index contributed by atoms with van der Waals surface area (Å²) in [6, 6.07) is 2.90. The quantitative estimate of drug-likeness (QED) is 0.391. The summed E-state index contributed by atoms with van der Waals surface area (Å²) < 4.78 is 0. The Morgan fingerprint density at radius 3 is 1.88 bits per heavy atom. The SMILES string of the molecule is CNC(=O)c1cc(NN)cc(C(=O)NC)n1. The number of hydrazine groups is 1. The smallest absolute Gasteiger partial charge is 0.269 e. The second-order valence-electron chi connectivity index (χ2n) is 2.93. The van der Waals surface area contributed by atoms with Gasteiger partial charge in [-0.05, 0) is 12.1 Å². The van der Waals surface area contributed by atoms with Gasteiger partial charge in [-0.25, -0.2) is 4.98 Å². The molecule has 0 bridgehead atoms. The maximum atomic E-state index is 11.4. The van der Waals surface area contributed by atoms with Crippen molar-refractivity contribution in [2.24, 2.45) is 5.84 Å². The van der Waals surface area contributed by atoms with E-state index in [1.807, 2.05) is 0 Å². The molecular weight excluding hydrogens is 210 g/mol. The van der Waals surface area contributed by atoms with Gasteiger partial charge in [0.25, 0.3) is 11.8 Å². The van der Waals surface area contributed by atoms with Gasteiger partial charge >= 0.3 is 0 Å². The third-order valence-electron chi connectivity index (χ3n) is 1.91. The number of anilines is 1. The van der Waals surface area contributed by atoms with E-state index < -0.39 is 0 Å². The number of nitrogen functional groups attached to an aromatic ring is 1. The van der Waals surface area contributed by atoms with E-state index in [9.17, 15) is 9.59 Å². The van der Waals surface area contributed by atoms with Crippen molar-refractivity contribution in [3.63, 3.8) is 0 Å². The highest BCUT2D eigenvalue weighted by atomic mass is 16.2. The molecule has 1 aromatic rings. The molecular formula is C9H13N5O2. The number of carbonyl (C=O) groups is 2. The Hall–Kier alpha value is -2.15. The van der Waals surface area contributed by atoms with E-state index >= 15 is 0 Å². The number of hydrogen-bond donors (Lipinski definition) is 4. The number of rotatable bonds is 3. The van der Waals surface area contributed by atoms with Crippen molar-refractivity contribution >= 4 is 17.5 Å². The zero-order valence-corrected chi connectivity index (χ0v) is 9.00. The first-order chi connectivity index (χ1) is 7.62. The van der Waals surface area contributed by atoms with E-state index in [0.717, 1.165) is 0 Å². The number of amides is 2. The van der Waals surface area contributed by atoms with Crippen molar-refractivity contribution in [2.45, 2.75) is 0 Å². The maximum Gasteiger partial charge on any atom is 0.269 e. The molecule has 1 heterocycles.